The number of hydrogen-bond donors (Lipinski definition) is 2. The minimum Gasteiger partial charge on any atom is -0.390 e. The number of thiazole rings is 1. The molecule has 1 amide bonds. The molecular formula is C18H24N2O2S. The summed E-state index contributed by atoms with van der Waals surface area (Å²) < 4.78 is 0. The molecule has 0 fully saturated rings. The number of aliphatic hydroxyl groups is 1. The summed E-state index contributed by atoms with van der Waals surface area (Å²) in [6.07, 6.45) is 1.40. The number of nitrogens with zero attached hydrogens (tertiary/aromatic N) is 1. The molecule has 0 spiro atoms. The molecule has 4 nitrogen and oxygen atoms in total. The quantitative estimate of drug-likeness (QED) is 0.849. The van der Waals surface area contributed by atoms with Crippen LogP contribution < -0.4 is 5.32 Å². The van der Waals surface area contributed by atoms with Gasteiger partial charge in [-0.3, -0.25) is 4.79 Å². The molecule has 0 saturated carbocycles. The second kappa shape index (κ2) is 7.23. The van der Waals surface area contributed by atoms with E-state index in [-0.39, 0.29) is 11.9 Å². The van der Waals surface area contributed by atoms with Gasteiger partial charge >= 0.3 is 0 Å². The average molecular weight is 332 g/mol. The maximum Gasteiger partial charge on any atom is 0.251 e. The Hall–Kier alpha value is -1.72. The summed E-state index contributed by atoms with van der Waals surface area (Å²) >= 11 is 1.56. The SMILES string of the molecule is Cc1csc([C@H](C)NC(=O)c2cccc(CCC(C)(C)O)c2)n1. The molecule has 0 aliphatic rings. The smallest absolute Gasteiger partial charge is 0.251 e. The van der Waals surface area contributed by atoms with E-state index in [1.54, 1.807) is 25.2 Å². The predicted molar refractivity (Wildman–Crippen MR) is 93.8 cm³/mol. The van der Waals surface area contributed by atoms with Crippen LogP contribution in [0.2, 0.25) is 0 Å². The number of aromatic nitrogens is 1. The Bertz CT molecular complexity index is 674. The second-order valence-electron chi connectivity index (χ2n) is 6.54. The van der Waals surface area contributed by atoms with Gasteiger partial charge in [0.25, 0.3) is 5.91 Å². The van der Waals surface area contributed by atoms with Gasteiger partial charge in [-0.1, -0.05) is 12.1 Å². The lowest BCUT2D eigenvalue weighted by Gasteiger charge is -2.17. The molecule has 23 heavy (non-hydrogen) atoms. The zero-order valence-corrected chi connectivity index (χ0v) is 14.9. The van der Waals surface area contributed by atoms with E-state index in [9.17, 15) is 9.90 Å². The van der Waals surface area contributed by atoms with Crippen molar-refractivity contribution in [1.29, 1.82) is 0 Å². The molecule has 0 aliphatic carbocycles. The highest BCUT2D eigenvalue weighted by molar-refractivity contribution is 7.09. The Kier molecular flexibility index (Phi) is 5.55. The van der Waals surface area contributed by atoms with Gasteiger partial charge in [-0.25, -0.2) is 4.98 Å². The van der Waals surface area contributed by atoms with E-state index >= 15 is 0 Å². The summed E-state index contributed by atoms with van der Waals surface area (Å²) in [6, 6.07) is 7.45. The number of carbonyl (C=O) groups is 1. The molecule has 1 aromatic carbocycles. The van der Waals surface area contributed by atoms with Gasteiger partial charge < -0.3 is 10.4 Å². The number of carbonyl (C=O) groups excluding carboxylic acids is 1. The number of rotatable bonds is 6. The van der Waals surface area contributed by atoms with Gasteiger partial charge in [-0.05, 0) is 58.2 Å². The van der Waals surface area contributed by atoms with Crippen LogP contribution in [0.25, 0.3) is 0 Å². The Morgan fingerprint density at radius 2 is 2.17 bits per heavy atom. The Morgan fingerprint density at radius 3 is 2.78 bits per heavy atom. The van der Waals surface area contributed by atoms with E-state index in [1.807, 2.05) is 43.5 Å². The van der Waals surface area contributed by atoms with Crippen LogP contribution in [-0.2, 0) is 6.42 Å². The van der Waals surface area contributed by atoms with Crippen molar-refractivity contribution < 1.29 is 9.90 Å². The van der Waals surface area contributed by atoms with Crippen LogP contribution in [0, 0.1) is 6.92 Å². The number of aryl methyl sites for hydroxylation is 2. The number of hydrogen-bond acceptors (Lipinski definition) is 4. The summed E-state index contributed by atoms with van der Waals surface area (Å²) in [4.78, 5) is 16.8. The molecule has 2 N–H and O–H groups in total. The lowest BCUT2D eigenvalue weighted by molar-refractivity contribution is 0.0714. The molecule has 1 aromatic heterocycles. The fourth-order valence-corrected chi connectivity index (χ4v) is 3.03. The predicted octanol–water partition coefficient (Wildman–Crippen LogP) is 3.65. The third-order valence-electron chi connectivity index (χ3n) is 3.57. The number of nitrogens with one attached hydrogen (secondary N) is 1. The van der Waals surface area contributed by atoms with Gasteiger partial charge in [-0.15, -0.1) is 11.3 Å². The topological polar surface area (TPSA) is 62.2 Å². The maximum atomic E-state index is 12.4. The van der Waals surface area contributed by atoms with Crippen molar-refractivity contribution in [3.63, 3.8) is 0 Å². The molecule has 2 rings (SSSR count). The average Bonchev–Trinajstić information content (AvgIpc) is 2.91. The van der Waals surface area contributed by atoms with Gasteiger partial charge in [0.2, 0.25) is 0 Å². The highest BCUT2D eigenvalue weighted by Crippen LogP contribution is 2.19. The summed E-state index contributed by atoms with van der Waals surface area (Å²) in [5.41, 5.74) is 1.96. The second-order valence-corrected chi connectivity index (χ2v) is 7.42. The Balaban J connectivity index is 2.02. The maximum absolute atomic E-state index is 12.4. The van der Waals surface area contributed by atoms with Crippen LogP contribution in [0.4, 0.5) is 0 Å². The highest BCUT2D eigenvalue weighted by atomic mass is 32.1. The minimum atomic E-state index is -0.699. The van der Waals surface area contributed by atoms with E-state index < -0.39 is 5.60 Å². The zero-order chi connectivity index (χ0) is 17.0. The van der Waals surface area contributed by atoms with E-state index in [0.29, 0.717) is 12.0 Å². The lowest BCUT2D eigenvalue weighted by atomic mass is 9.98. The van der Waals surface area contributed by atoms with E-state index in [2.05, 4.69) is 10.3 Å². The summed E-state index contributed by atoms with van der Waals surface area (Å²) in [5, 5.41) is 15.7. The molecule has 1 atom stereocenters. The number of amides is 1. The van der Waals surface area contributed by atoms with Crippen molar-refractivity contribution in [3.05, 3.63) is 51.5 Å². The fourth-order valence-electron chi connectivity index (χ4n) is 2.23. The first kappa shape index (κ1) is 17.6. The van der Waals surface area contributed by atoms with Gasteiger partial charge in [0, 0.05) is 16.6 Å². The van der Waals surface area contributed by atoms with Crippen molar-refractivity contribution in [3.8, 4) is 0 Å². The van der Waals surface area contributed by atoms with Gasteiger partial charge in [0.1, 0.15) is 5.01 Å². The van der Waals surface area contributed by atoms with Crippen LogP contribution in [0.3, 0.4) is 0 Å². The van der Waals surface area contributed by atoms with Crippen LogP contribution >= 0.6 is 11.3 Å². The van der Waals surface area contributed by atoms with E-state index in [0.717, 1.165) is 22.7 Å². The Morgan fingerprint density at radius 1 is 1.43 bits per heavy atom. The van der Waals surface area contributed by atoms with Crippen molar-refractivity contribution in [2.24, 2.45) is 0 Å². The summed E-state index contributed by atoms with van der Waals surface area (Å²) in [6.45, 7) is 7.47. The molecule has 0 bridgehead atoms. The van der Waals surface area contributed by atoms with Crippen molar-refractivity contribution in [2.75, 3.05) is 0 Å². The molecule has 1 heterocycles. The lowest BCUT2D eigenvalue weighted by Crippen LogP contribution is -2.26. The monoisotopic (exact) mass is 332 g/mol. The molecule has 2 aromatic rings. The summed E-state index contributed by atoms with van der Waals surface area (Å²) in [5.74, 6) is -0.101. The van der Waals surface area contributed by atoms with Crippen LogP contribution in [-0.4, -0.2) is 21.6 Å². The highest BCUT2D eigenvalue weighted by Gasteiger charge is 2.15. The van der Waals surface area contributed by atoms with Gasteiger partial charge in [-0.2, -0.15) is 0 Å². The van der Waals surface area contributed by atoms with Crippen LogP contribution in [0.15, 0.2) is 29.6 Å². The van der Waals surface area contributed by atoms with Crippen LogP contribution in [0.5, 0.6) is 0 Å². The van der Waals surface area contributed by atoms with E-state index in [4.69, 9.17) is 0 Å². The standard InChI is InChI=1S/C18H24N2O2S/c1-12-11-23-17(19-12)13(2)20-16(21)15-7-5-6-14(10-15)8-9-18(3,4)22/h5-7,10-11,13,22H,8-9H2,1-4H3,(H,20,21)/t13-/m0/s1. The Labute approximate surface area is 141 Å². The van der Waals surface area contributed by atoms with Crippen molar-refractivity contribution in [1.82, 2.24) is 10.3 Å². The van der Waals surface area contributed by atoms with E-state index in [1.165, 1.54) is 0 Å². The molecule has 0 aliphatic heterocycles. The molecule has 0 saturated heterocycles. The van der Waals surface area contributed by atoms with Crippen LogP contribution in [0.1, 0.15) is 59.9 Å². The first-order valence-electron chi connectivity index (χ1n) is 7.79. The normalized spacial score (nSPS) is 12.9. The first-order valence-corrected chi connectivity index (χ1v) is 8.67. The third-order valence-corrected chi connectivity index (χ3v) is 4.71. The van der Waals surface area contributed by atoms with Crippen molar-refractivity contribution >= 4 is 17.2 Å². The first-order chi connectivity index (χ1) is 10.7. The van der Waals surface area contributed by atoms with Crippen molar-refractivity contribution in [2.45, 2.75) is 52.2 Å². The molecule has 124 valence electrons. The fraction of sp³-hybridized carbons (Fsp3) is 0.444. The summed E-state index contributed by atoms with van der Waals surface area (Å²) in [7, 11) is 0. The van der Waals surface area contributed by atoms with Gasteiger partial charge in [0.05, 0.1) is 11.6 Å². The molecule has 0 radical (unpaired) electrons. The largest absolute Gasteiger partial charge is 0.390 e. The molecule has 0 unspecified atom stereocenters. The molecular weight excluding hydrogens is 308 g/mol. The van der Waals surface area contributed by atoms with Gasteiger partial charge in [0.15, 0.2) is 0 Å². The number of benzene rings is 1. The third kappa shape index (κ3) is 5.44. The zero-order valence-electron chi connectivity index (χ0n) is 14.1. The molecule has 5 heteroatoms. The minimum absolute atomic E-state index is 0.101.